The van der Waals surface area contributed by atoms with Gasteiger partial charge < -0.3 is 8.85 Å². The Morgan fingerprint density at radius 2 is 2.19 bits per heavy atom. The van der Waals surface area contributed by atoms with Gasteiger partial charge in [0.2, 0.25) is 0 Å². The van der Waals surface area contributed by atoms with Crippen LogP contribution < -0.4 is 0 Å². The normalized spacial score (nSPS) is 36.4. The van der Waals surface area contributed by atoms with Crippen LogP contribution in [0.15, 0.2) is 0 Å². The molecule has 0 aliphatic carbocycles. The summed E-state index contributed by atoms with van der Waals surface area (Å²) in [5.41, 5.74) is 0. The van der Waals surface area contributed by atoms with Crippen molar-refractivity contribution in [2.45, 2.75) is 51.6 Å². The van der Waals surface area contributed by atoms with E-state index in [0.717, 1.165) is 18.7 Å². The maximum atomic E-state index is 6.14. The third-order valence-electron chi connectivity index (χ3n) is 3.83. The standard InChI is InChI=1S/C12H25NO2Si/c1-11(2)10-16(14-3)13-8-5-4-6-12(13)7-9-15-16/h11-12H,4-10H2,1-3H3. The quantitative estimate of drug-likeness (QED) is 0.711. The summed E-state index contributed by atoms with van der Waals surface area (Å²) in [5, 5.41) is 0. The van der Waals surface area contributed by atoms with E-state index in [0.29, 0.717) is 5.92 Å². The van der Waals surface area contributed by atoms with Crippen LogP contribution in [0.5, 0.6) is 0 Å². The minimum Gasteiger partial charge on any atom is -0.386 e. The minimum absolute atomic E-state index is 0.660. The number of rotatable bonds is 3. The molecule has 4 heteroatoms. The third-order valence-corrected chi connectivity index (χ3v) is 7.92. The van der Waals surface area contributed by atoms with Gasteiger partial charge in [0.1, 0.15) is 0 Å². The number of hydrogen-bond donors (Lipinski definition) is 0. The molecule has 2 fully saturated rings. The van der Waals surface area contributed by atoms with E-state index in [2.05, 4.69) is 18.4 Å². The van der Waals surface area contributed by atoms with Crippen LogP contribution in [0, 0.1) is 5.92 Å². The molecule has 0 aromatic heterocycles. The Morgan fingerprint density at radius 1 is 1.38 bits per heavy atom. The van der Waals surface area contributed by atoms with Gasteiger partial charge in [-0.3, -0.25) is 4.57 Å². The maximum Gasteiger partial charge on any atom is 0.428 e. The first-order valence-electron chi connectivity index (χ1n) is 6.64. The molecule has 16 heavy (non-hydrogen) atoms. The summed E-state index contributed by atoms with van der Waals surface area (Å²) < 4.78 is 14.7. The van der Waals surface area contributed by atoms with Crippen molar-refractivity contribution in [2.75, 3.05) is 20.3 Å². The molecule has 0 aromatic carbocycles. The van der Waals surface area contributed by atoms with E-state index in [1.807, 2.05) is 7.11 Å². The predicted octanol–water partition coefficient (Wildman–Crippen LogP) is 2.50. The van der Waals surface area contributed by atoms with Crippen LogP contribution in [0.2, 0.25) is 6.04 Å². The molecule has 0 amide bonds. The maximum absolute atomic E-state index is 6.14. The highest BCUT2D eigenvalue weighted by atomic mass is 28.4. The second-order valence-electron chi connectivity index (χ2n) is 5.49. The summed E-state index contributed by atoms with van der Waals surface area (Å²) >= 11 is 0. The van der Waals surface area contributed by atoms with Crippen LogP contribution in [0.1, 0.15) is 39.5 Å². The van der Waals surface area contributed by atoms with E-state index >= 15 is 0 Å². The van der Waals surface area contributed by atoms with Crippen molar-refractivity contribution in [3.8, 4) is 0 Å². The van der Waals surface area contributed by atoms with E-state index in [9.17, 15) is 0 Å². The highest BCUT2D eigenvalue weighted by Gasteiger charge is 2.50. The van der Waals surface area contributed by atoms with E-state index in [-0.39, 0.29) is 0 Å². The fourth-order valence-corrected chi connectivity index (χ4v) is 6.96. The van der Waals surface area contributed by atoms with E-state index in [4.69, 9.17) is 8.85 Å². The summed E-state index contributed by atoms with van der Waals surface area (Å²) in [6.45, 7) is 6.64. The molecule has 2 heterocycles. The van der Waals surface area contributed by atoms with Crippen molar-refractivity contribution < 1.29 is 8.85 Å². The average molecular weight is 243 g/mol. The number of nitrogens with zero attached hydrogens (tertiary/aromatic N) is 1. The van der Waals surface area contributed by atoms with Gasteiger partial charge >= 0.3 is 8.72 Å². The zero-order chi connectivity index (χ0) is 11.6. The Hall–Kier alpha value is 0.0969. The Morgan fingerprint density at radius 3 is 2.88 bits per heavy atom. The van der Waals surface area contributed by atoms with Crippen LogP contribution in [0.3, 0.4) is 0 Å². The van der Waals surface area contributed by atoms with E-state index in [1.54, 1.807) is 0 Å². The molecule has 3 nitrogen and oxygen atoms in total. The molecule has 2 aliphatic heterocycles. The van der Waals surface area contributed by atoms with Crippen LogP contribution in [0.25, 0.3) is 0 Å². The van der Waals surface area contributed by atoms with Gasteiger partial charge in [-0.2, -0.15) is 0 Å². The molecule has 2 unspecified atom stereocenters. The second kappa shape index (κ2) is 5.17. The van der Waals surface area contributed by atoms with Crippen molar-refractivity contribution >= 4 is 8.72 Å². The fraction of sp³-hybridized carbons (Fsp3) is 1.00. The summed E-state index contributed by atoms with van der Waals surface area (Å²) in [6.07, 6.45) is 5.25. The Balaban J connectivity index is 2.14. The lowest BCUT2D eigenvalue weighted by Gasteiger charge is -2.50. The van der Waals surface area contributed by atoms with Crippen molar-refractivity contribution in [1.82, 2.24) is 4.57 Å². The predicted molar refractivity (Wildman–Crippen MR) is 67.3 cm³/mol. The summed E-state index contributed by atoms with van der Waals surface area (Å²) in [7, 11) is -0.196. The van der Waals surface area contributed by atoms with Gasteiger partial charge in [-0.05, 0) is 31.7 Å². The molecular weight excluding hydrogens is 218 g/mol. The lowest BCUT2D eigenvalue weighted by molar-refractivity contribution is 0.0424. The summed E-state index contributed by atoms with van der Waals surface area (Å²) in [4.78, 5) is 0. The monoisotopic (exact) mass is 243 g/mol. The van der Waals surface area contributed by atoms with Crippen molar-refractivity contribution in [3.63, 3.8) is 0 Å². The summed E-state index contributed by atoms with van der Waals surface area (Å²) in [5.74, 6) is 0.660. The molecule has 0 bridgehead atoms. The van der Waals surface area contributed by atoms with Gasteiger partial charge in [-0.25, -0.2) is 0 Å². The van der Waals surface area contributed by atoms with Crippen molar-refractivity contribution in [2.24, 2.45) is 5.92 Å². The van der Waals surface area contributed by atoms with Crippen LogP contribution >= 0.6 is 0 Å². The zero-order valence-electron chi connectivity index (χ0n) is 10.9. The summed E-state index contributed by atoms with van der Waals surface area (Å²) in [6, 6.07) is 1.85. The van der Waals surface area contributed by atoms with Gasteiger partial charge in [0.25, 0.3) is 0 Å². The highest BCUT2D eigenvalue weighted by molar-refractivity contribution is 6.64. The van der Waals surface area contributed by atoms with Crippen LogP contribution in [-0.2, 0) is 8.85 Å². The molecule has 0 saturated carbocycles. The zero-order valence-corrected chi connectivity index (χ0v) is 11.9. The SMILES string of the molecule is CO[Si]1(CC(C)C)OCCC2CCCCN21. The van der Waals surface area contributed by atoms with Gasteiger partial charge in [-0.15, -0.1) is 0 Å². The highest BCUT2D eigenvalue weighted by Crippen LogP contribution is 2.34. The molecule has 2 saturated heterocycles. The molecule has 2 aliphatic rings. The first-order valence-corrected chi connectivity index (χ1v) is 8.61. The fourth-order valence-electron chi connectivity index (χ4n) is 3.14. The number of hydrogen-bond acceptors (Lipinski definition) is 3. The van der Waals surface area contributed by atoms with Crippen LogP contribution in [-0.4, -0.2) is 39.6 Å². The molecule has 0 aromatic rings. The van der Waals surface area contributed by atoms with Gasteiger partial charge in [0.05, 0.1) is 0 Å². The molecular formula is C12H25NO2Si. The molecule has 2 atom stereocenters. The first-order chi connectivity index (χ1) is 7.68. The lowest BCUT2D eigenvalue weighted by Crippen LogP contribution is -2.66. The largest absolute Gasteiger partial charge is 0.428 e. The molecule has 0 spiro atoms. The molecule has 0 N–H and O–H groups in total. The minimum atomic E-state index is -2.05. The van der Waals surface area contributed by atoms with Gasteiger partial charge in [0.15, 0.2) is 0 Å². The van der Waals surface area contributed by atoms with E-state index in [1.165, 1.54) is 32.2 Å². The lowest BCUT2D eigenvalue weighted by atomic mass is 10.0. The third kappa shape index (κ3) is 2.35. The van der Waals surface area contributed by atoms with Gasteiger partial charge in [-0.1, -0.05) is 20.3 Å². The topological polar surface area (TPSA) is 21.7 Å². The number of piperidine rings is 1. The smallest absolute Gasteiger partial charge is 0.386 e. The van der Waals surface area contributed by atoms with Gasteiger partial charge in [0, 0.05) is 25.8 Å². The first kappa shape index (κ1) is 12.6. The second-order valence-corrected chi connectivity index (χ2v) is 8.60. The molecule has 0 radical (unpaired) electrons. The van der Waals surface area contributed by atoms with E-state index < -0.39 is 8.72 Å². The Bertz CT molecular complexity index is 235. The van der Waals surface area contributed by atoms with Crippen LogP contribution in [0.4, 0.5) is 0 Å². The van der Waals surface area contributed by atoms with Crippen molar-refractivity contribution in [1.29, 1.82) is 0 Å². The molecule has 94 valence electrons. The number of fused-ring (bicyclic) bond motifs is 1. The Kier molecular flexibility index (Phi) is 4.05. The molecule has 2 rings (SSSR count). The average Bonchev–Trinajstić information content (AvgIpc) is 2.29. The van der Waals surface area contributed by atoms with Crippen molar-refractivity contribution in [3.05, 3.63) is 0 Å². The Labute approximate surface area is 100 Å².